The zero-order chi connectivity index (χ0) is 15.5. The standard InChI is InChI=1S/C14H15F3N2OS/c1-9(13-18-5-6-21-13)19-8-12(20)10-3-2-4-11(7-10)14(15,16)17/h2-7,9,12,19-20H,8H2,1H3. The fraction of sp³-hybridized carbons (Fsp3) is 0.357. The number of nitrogens with one attached hydrogen (secondary N) is 1. The summed E-state index contributed by atoms with van der Waals surface area (Å²) in [6, 6.07) is 4.68. The molecule has 0 saturated heterocycles. The monoisotopic (exact) mass is 316 g/mol. The molecule has 2 unspecified atom stereocenters. The molecule has 0 aliphatic carbocycles. The molecule has 7 heteroatoms. The van der Waals surface area contributed by atoms with E-state index in [2.05, 4.69) is 10.3 Å². The van der Waals surface area contributed by atoms with Crippen LogP contribution < -0.4 is 5.32 Å². The largest absolute Gasteiger partial charge is 0.416 e. The molecule has 1 heterocycles. The molecule has 0 saturated carbocycles. The van der Waals surface area contributed by atoms with Crippen LogP contribution in [0.1, 0.15) is 35.2 Å². The Morgan fingerprint density at radius 2 is 2.14 bits per heavy atom. The third-order valence-corrected chi connectivity index (χ3v) is 4.00. The Hall–Kier alpha value is -1.44. The summed E-state index contributed by atoms with van der Waals surface area (Å²) in [6.45, 7) is 2.04. The van der Waals surface area contributed by atoms with E-state index in [-0.39, 0.29) is 18.2 Å². The van der Waals surface area contributed by atoms with Gasteiger partial charge >= 0.3 is 6.18 Å². The van der Waals surface area contributed by atoms with E-state index in [0.29, 0.717) is 0 Å². The van der Waals surface area contributed by atoms with Crippen molar-refractivity contribution in [3.8, 4) is 0 Å². The normalized spacial score (nSPS) is 14.9. The number of nitrogens with zero attached hydrogens (tertiary/aromatic N) is 1. The number of aliphatic hydroxyl groups is 1. The van der Waals surface area contributed by atoms with Crippen molar-refractivity contribution < 1.29 is 18.3 Å². The maximum atomic E-state index is 12.6. The fourth-order valence-electron chi connectivity index (χ4n) is 1.86. The molecule has 0 amide bonds. The summed E-state index contributed by atoms with van der Waals surface area (Å²) in [5.74, 6) is 0. The zero-order valence-corrected chi connectivity index (χ0v) is 12.1. The van der Waals surface area contributed by atoms with E-state index in [0.717, 1.165) is 17.1 Å². The Bertz CT molecular complexity index is 572. The summed E-state index contributed by atoms with van der Waals surface area (Å²) >= 11 is 1.48. The summed E-state index contributed by atoms with van der Waals surface area (Å²) in [5.41, 5.74) is -0.518. The lowest BCUT2D eigenvalue weighted by atomic mass is 10.1. The van der Waals surface area contributed by atoms with Gasteiger partial charge in [0.25, 0.3) is 0 Å². The predicted molar refractivity (Wildman–Crippen MR) is 74.9 cm³/mol. The molecule has 1 aromatic heterocycles. The van der Waals surface area contributed by atoms with Crippen LogP contribution in [0.2, 0.25) is 0 Å². The van der Waals surface area contributed by atoms with Crippen LogP contribution in [-0.2, 0) is 6.18 Å². The molecule has 114 valence electrons. The lowest BCUT2D eigenvalue weighted by molar-refractivity contribution is -0.137. The maximum absolute atomic E-state index is 12.6. The van der Waals surface area contributed by atoms with Gasteiger partial charge in [-0.2, -0.15) is 13.2 Å². The second kappa shape index (κ2) is 6.55. The van der Waals surface area contributed by atoms with Crippen LogP contribution in [0.4, 0.5) is 13.2 Å². The first-order chi connectivity index (χ1) is 9.88. The number of aromatic nitrogens is 1. The number of benzene rings is 1. The van der Waals surface area contributed by atoms with Gasteiger partial charge in [0.2, 0.25) is 0 Å². The highest BCUT2D eigenvalue weighted by molar-refractivity contribution is 7.09. The Morgan fingerprint density at radius 1 is 1.38 bits per heavy atom. The molecule has 2 N–H and O–H groups in total. The van der Waals surface area contributed by atoms with Crippen molar-refractivity contribution >= 4 is 11.3 Å². The lowest BCUT2D eigenvalue weighted by Crippen LogP contribution is -2.24. The zero-order valence-electron chi connectivity index (χ0n) is 11.3. The molecular formula is C14H15F3N2OS. The van der Waals surface area contributed by atoms with Crippen LogP contribution in [-0.4, -0.2) is 16.6 Å². The average molecular weight is 316 g/mol. The van der Waals surface area contributed by atoms with Crippen molar-refractivity contribution in [3.05, 3.63) is 52.0 Å². The Labute approximate surface area is 124 Å². The van der Waals surface area contributed by atoms with Gasteiger partial charge in [-0.25, -0.2) is 4.98 Å². The smallest absolute Gasteiger partial charge is 0.387 e. The van der Waals surface area contributed by atoms with Gasteiger partial charge in [-0.1, -0.05) is 12.1 Å². The van der Waals surface area contributed by atoms with Crippen LogP contribution in [0.3, 0.4) is 0 Å². The van der Waals surface area contributed by atoms with Crippen molar-refractivity contribution in [2.24, 2.45) is 0 Å². The average Bonchev–Trinajstić information content (AvgIpc) is 2.98. The van der Waals surface area contributed by atoms with E-state index in [9.17, 15) is 18.3 Å². The van der Waals surface area contributed by atoms with Gasteiger partial charge in [-0.15, -0.1) is 11.3 Å². The van der Waals surface area contributed by atoms with Crippen molar-refractivity contribution in [2.45, 2.75) is 25.2 Å². The van der Waals surface area contributed by atoms with Crippen molar-refractivity contribution in [2.75, 3.05) is 6.54 Å². The number of aliphatic hydroxyl groups excluding tert-OH is 1. The van der Waals surface area contributed by atoms with Gasteiger partial charge in [0.1, 0.15) is 5.01 Å². The molecular weight excluding hydrogens is 301 g/mol. The number of hydrogen-bond donors (Lipinski definition) is 2. The molecule has 1 aromatic carbocycles. The SMILES string of the molecule is CC(NCC(O)c1cccc(C(F)(F)F)c1)c1nccs1. The second-order valence-corrected chi connectivity index (χ2v) is 5.57. The molecule has 0 spiro atoms. The summed E-state index contributed by atoms with van der Waals surface area (Å²) in [7, 11) is 0. The minimum absolute atomic E-state index is 0.0644. The minimum Gasteiger partial charge on any atom is -0.387 e. The first-order valence-electron chi connectivity index (χ1n) is 6.36. The molecule has 2 aromatic rings. The lowest BCUT2D eigenvalue weighted by Gasteiger charge is -2.17. The third-order valence-electron chi connectivity index (χ3n) is 3.04. The second-order valence-electron chi connectivity index (χ2n) is 4.64. The first-order valence-corrected chi connectivity index (χ1v) is 7.24. The van der Waals surface area contributed by atoms with Gasteiger partial charge in [0.15, 0.2) is 0 Å². The van der Waals surface area contributed by atoms with E-state index >= 15 is 0 Å². The van der Waals surface area contributed by atoms with Crippen molar-refractivity contribution in [1.29, 1.82) is 0 Å². The highest BCUT2D eigenvalue weighted by Crippen LogP contribution is 2.30. The van der Waals surface area contributed by atoms with Crippen LogP contribution >= 0.6 is 11.3 Å². The van der Waals surface area contributed by atoms with E-state index in [1.165, 1.54) is 23.5 Å². The molecule has 21 heavy (non-hydrogen) atoms. The van der Waals surface area contributed by atoms with Gasteiger partial charge in [-0.05, 0) is 24.6 Å². The number of thiazole rings is 1. The van der Waals surface area contributed by atoms with Crippen LogP contribution in [0.15, 0.2) is 35.8 Å². The summed E-state index contributed by atoms with van der Waals surface area (Å²) in [6.07, 6.45) is -3.73. The van der Waals surface area contributed by atoms with E-state index in [1.807, 2.05) is 12.3 Å². The van der Waals surface area contributed by atoms with Crippen LogP contribution in [0, 0.1) is 0 Å². The van der Waals surface area contributed by atoms with Crippen molar-refractivity contribution in [1.82, 2.24) is 10.3 Å². The third kappa shape index (κ3) is 4.26. The molecule has 0 bridgehead atoms. The summed E-state index contributed by atoms with van der Waals surface area (Å²) < 4.78 is 37.9. The van der Waals surface area contributed by atoms with E-state index in [4.69, 9.17) is 0 Å². The van der Waals surface area contributed by atoms with E-state index in [1.54, 1.807) is 6.20 Å². The quantitative estimate of drug-likeness (QED) is 0.887. The van der Waals surface area contributed by atoms with Gasteiger partial charge in [0, 0.05) is 18.1 Å². The highest BCUT2D eigenvalue weighted by atomic mass is 32.1. The molecule has 0 radical (unpaired) electrons. The molecule has 0 fully saturated rings. The summed E-state index contributed by atoms with van der Waals surface area (Å²) in [5, 5.41) is 15.8. The number of rotatable bonds is 5. The number of alkyl halides is 3. The van der Waals surface area contributed by atoms with Gasteiger partial charge < -0.3 is 10.4 Å². The fourth-order valence-corrected chi connectivity index (χ4v) is 2.53. The predicted octanol–water partition coefficient (Wildman–Crippen LogP) is 3.55. The van der Waals surface area contributed by atoms with Crippen molar-refractivity contribution in [3.63, 3.8) is 0 Å². The topological polar surface area (TPSA) is 45.1 Å². The minimum atomic E-state index is -4.41. The molecule has 2 rings (SSSR count). The molecule has 0 aliphatic heterocycles. The van der Waals surface area contributed by atoms with Crippen LogP contribution in [0.25, 0.3) is 0 Å². The Morgan fingerprint density at radius 3 is 2.76 bits per heavy atom. The Kier molecular flexibility index (Phi) is 4.97. The highest BCUT2D eigenvalue weighted by Gasteiger charge is 2.30. The molecule has 0 aliphatic rings. The van der Waals surface area contributed by atoms with Crippen LogP contribution in [0.5, 0.6) is 0 Å². The molecule has 3 nitrogen and oxygen atoms in total. The van der Waals surface area contributed by atoms with Gasteiger partial charge in [0.05, 0.1) is 17.7 Å². The summed E-state index contributed by atoms with van der Waals surface area (Å²) in [4.78, 5) is 4.14. The number of halogens is 3. The van der Waals surface area contributed by atoms with Gasteiger partial charge in [-0.3, -0.25) is 0 Å². The van der Waals surface area contributed by atoms with E-state index < -0.39 is 17.8 Å². The first kappa shape index (κ1) is 15.9. The molecule has 2 atom stereocenters. The number of hydrogen-bond acceptors (Lipinski definition) is 4. The Balaban J connectivity index is 1.99. The maximum Gasteiger partial charge on any atom is 0.416 e.